The first kappa shape index (κ1) is 31.7. The summed E-state index contributed by atoms with van der Waals surface area (Å²) in [6, 6.07) is 25.4. The van der Waals surface area contributed by atoms with Gasteiger partial charge in [0.25, 0.3) is 11.8 Å². The van der Waals surface area contributed by atoms with Gasteiger partial charge in [0.15, 0.2) is 23.2 Å². The number of aryl methyl sites for hydroxylation is 1. The largest absolute Gasteiger partial charge is 0.493 e. The van der Waals surface area contributed by atoms with E-state index in [2.05, 4.69) is 42.1 Å². The lowest BCUT2D eigenvalue weighted by atomic mass is 10.1. The zero-order chi connectivity index (χ0) is 31.8. The first-order valence-electron chi connectivity index (χ1n) is 13.6. The zero-order valence-corrected chi connectivity index (χ0v) is 27.3. The van der Waals surface area contributed by atoms with Crippen LogP contribution in [-0.4, -0.2) is 36.7 Å². The van der Waals surface area contributed by atoms with Crippen LogP contribution < -0.4 is 25.5 Å². The Balaban J connectivity index is 1.15. The highest BCUT2D eigenvalue weighted by Gasteiger charge is 2.14. The van der Waals surface area contributed by atoms with Crippen molar-refractivity contribution >= 4 is 73.4 Å². The number of ether oxygens (including phenoxy) is 2. The van der Waals surface area contributed by atoms with Crippen molar-refractivity contribution in [1.82, 2.24) is 10.4 Å². The zero-order valence-electron chi connectivity index (χ0n) is 24.1. The summed E-state index contributed by atoms with van der Waals surface area (Å²) in [5.74, 6) is 0.0177. The Labute approximate surface area is 277 Å². The standard InChI is InChI=1S/C33H27BrClN5O4S/c1-20-3-11-26(12-4-20)38-33-39-28(19-45-33)22-5-7-23(8-6-22)32(42)40-36-17-21-15-27(34)31(29(16-21)43-2)44-18-30(41)37-25-13-9-24(35)10-14-25/h3-17,19H,18H2,1-2H3,(H,37,41)(H,38,39)(H,40,42)/b36-17+. The highest BCUT2D eigenvalue weighted by atomic mass is 79.9. The van der Waals surface area contributed by atoms with Gasteiger partial charge in [-0.3, -0.25) is 9.59 Å². The minimum Gasteiger partial charge on any atom is -0.493 e. The van der Waals surface area contributed by atoms with Gasteiger partial charge in [0.05, 0.1) is 23.5 Å². The van der Waals surface area contributed by atoms with Crippen molar-refractivity contribution in [2.24, 2.45) is 5.10 Å². The molecule has 0 spiro atoms. The van der Waals surface area contributed by atoms with Crippen LogP contribution in [-0.2, 0) is 4.79 Å². The van der Waals surface area contributed by atoms with Crippen LogP contribution in [0.3, 0.4) is 0 Å². The van der Waals surface area contributed by atoms with E-state index in [1.807, 2.05) is 48.7 Å². The number of rotatable bonds is 11. The summed E-state index contributed by atoms with van der Waals surface area (Å²) < 4.78 is 11.7. The van der Waals surface area contributed by atoms with E-state index in [1.54, 1.807) is 48.5 Å². The SMILES string of the molecule is COc1cc(/C=N/NC(=O)c2ccc(-c3csc(Nc4ccc(C)cc4)n3)cc2)cc(Br)c1OCC(=O)Nc1ccc(Cl)cc1. The smallest absolute Gasteiger partial charge is 0.271 e. The molecule has 0 saturated carbocycles. The van der Waals surface area contributed by atoms with Gasteiger partial charge < -0.3 is 20.1 Å². The molecule has 12 heteroatoms. The van der Waals surface area contributed by atoms with E-state index in [0.29, 0.717) is 37.8 Å². The van der Waals surface area contributed by atoms with Gasteiger partial charge in [-0.25, -0.2) is 10.4 Å². The number of thiazole rings is 1. The number of aromatic nitrogens is 1. The van der Waals surface area contributed by atoms with Crippen molar-refractivity contribution in [3.8, 4) is 22.8 Å². The Morgan fingerprint density at radius 1 is 1.00 bits per heavy atom. The highest BCUT2D eigenvalue weighted by Crippen LogP contribution is 2.36. The first-order chi connectivity index (χ1) is 21.8. The predicted octanol–water partition coefficient (Wildman–Crippen LogP) is 8.07. The molecule has 4 aromatic carbocycles. The average Bonchev–Trinajstić information content (AvgIpc) is 3.51. The Morgan fingerprint density at radius 3 is 2.42 bits per heavy atom. The average molecular weight is 705 g/mol. The molecule has 0 radical (unpaired) electrons. The molecule has 0 aliphatic heterocycles. The number of benzene rings is 4. The van der Waals surface area contributed by atoms with E-state index < -0.39 is 0 Å². The Morgan fingerprint density at radius 2 is 1.71 bits per heavy atom. The number of anilines is 3. The summed E-state index contributed by atoms with van der Waals surface area (Å²) in [5, 5.41) is 13.5. The second-order valence-electron chi connectivity index (χ2n) is 9.68. The number of carbonyl (C=O) groups is 2. The number of methoxy groups -OCH3 is 1. The third-order valence-electron chi connectivity index (χ3n) is 6.36. The van der Waals surface area contributed by atoms with Gasteiger partial charge in [-0.15, -0.1) is 11.3 Å². The van der Waals surface area contributed by atoms with Crippen LogP contribution in [0, 0.1) is 6.92 Å². The van der Waals surface area contributed by atoms with Crippen LogP contribution in [0.25, 0.3) is 11.3 Å². The fourth-order valence-electron chi connectivity index (χ4n) is 4.07. The van der Waals surface area contributed by atoms with Crippen LogP contribution in [0.5, 0.6) is 11.5 Å². The van der Waals surface area contributed by atoms with E-state index in [0.717, 1.165) is 22.1 Å². The maximum atomic E-state index is 12.7. The van der Waals surface area contributed by atoms with Gasteiger partial charge in [0, 0.05) is 32.9 Å². The summed E-state index contributed by atoms with van der Waals surface area (Å²) in [5.41, 5.74) is 8.09. The molecule has 5 rings (SSSR count). The van der Waals surface area contributed by atoms with E-state index in [4.69, 9.17) is 21.1 Å². The van der Waals surface area contributed by atoms with Crippen molar-refractivity contribution in [1.29, 1.82) is 0 Å². The van der Waals surface area contributed by atoms with Crippen molar-refractivity contribution in [2.75, 3.05) is 24.4 Å². The molecule has 5 aromatic rings. The molecular formula is C33H27BrClN5O4S. The normalized spacial score (nSPS) is 10.8. The number of nitrogens with one attached hydrogen (secondary N) is 3. The Kier molecular flexibility index (Phi) is 10.5. The molecule has 0 fully saturated rings. The lowest BCUT2D eigenvalue weighted by Gasteiger charge is -2.13. The van der Waals surface area contributed by atoms with Gasteiger partial charge >= 0.3 is 0 Å². The molecule has 0 atom stereocenters. The molecule has 0 unspecified atom stereocenters. The highest BCUT2D eigenvalue weighted by molar-refractivity contribution is 9.10. The van der Waals surface area contributed by atoms with Gasteiger partial charge in [0.2, 0.25) is 0 Å². The van der Waals surface area contributed by atoms with E-state index >= 15 is 0 Å². The van der Waals surface area contributed by atoms with Crippen LogP contribution in [0.2, 0.25) is 5.02 Å². The first-order valence-corrected chi connectivity index (χ1v) is 15.6. The van der Waals surface area contributed by atoms with Crippen molar-refractivity contribution in [3.05, 3.63) is 116 Å². The van der Waals surface area contributed by atoms with Crippen LogP contribution in [0.15, 0.2) is 99.9 Å². The number of halogens is 2. The van der Waals surface area contributed by atoms with Crippen molar-refractivity contribution < 1.29 is 19.1 Å². The molecule has 228 valence electrons. The second-order valence-corrected chi connectivity index (χ2v) is 11.8. The molecule has 1 aromatic heterocycles. The quantitative estimate of drug-likeness (QED) is 0.0947. The molecule has 2 amide bonds. The van der Waals surface area contributed by atoms with Crippen molar-refractivity contribution in [2.45, 2.75) is 6.92 Å². The van der Waals surface area contributed by atoms with Gasteiger partial charge in [-0.2, -0.15) is 5.10 Å². The fraction of sp³-hybridized carbons (Fsp3) is 0.0909. The number of hydrazone groups is 1. The number of hydrogen-bond acceptors (Lipinski definition) is 8. The lowest BCUT2D eigenvalue weighted by molar-refractivity contribution is -0.118. The number of nitrogens with zero attached hydrogens (tertiary/aromatic N) is 2. The lowest BCUT2D eigenvalue weighted by Crippen LogP contribution is -2.20. The van der Waals surface area contributed by atoms with E-state index in [-0.39, 0.29) is 18.4 Å². The summed E-state index contributed by atoms with van der Waals surface area (Å²) in [4.78, 5) is 29.7. The third-order valence-corrected chi connectivity index (χ3v) is 7.96. The van der Waals surface area contributed by atoms with Crippen molar-refractivity contribution in [3.63, 3.8) is 0 Å². The van der Waals surface area contributed by atoms with E-state index in [1.165, 1.54) is 30.2 Å². The maximum Gasteiger partial charge on any atom is 0.271 e. The summed E-state index contributed by atoms with van der Waals surface area (Å²) in [6.45, 7) is 1.80. The number of amides is 2. The van der Waals surface area contributed by atoms with Gasteiger partial charge in [-0.1, -0.05) is 41.4 Å². The summed E-state index contributed by atoms with van der Waals surface area (Å²) >= 11 is 10.9. The molecule has 9 nitrogen and oxygen atoms in total. The third kappa shape index (κ3) is 8.69. The second kappa shape index (κ2) is 14.8. The van der Waals surface area contributed by atoms with Crippen LogP contribution in [0.4, 0.5) is 16.5 Å². The Bertz CT molecular complexity index is 1830. The maximum absolute atomic E-state index is 12.7. The minimum absolute atomic E-state index is 0.242. The van der Waals surface area contributed by atoms with Crippen LogP contribution >= 0.6 is 38.9 Å². The summed E-state index contributed by atoms with van der Waals surface area (Å²) in [6.07, 6.45) is 1.48. The molecule has 3 N–H and O–H groups in total. The molecular weight excluding hydrogens is 678 g/mol. The fourth-order valence-corrected chi connectivity index (χ4v) is 5.51. The topological polar surface area (TPSA) is 114 Å². The Hall–Kier alpha value is -4.71. The predicted molar refractivity (Wildman–Crippen MR) is 183 cm³/mol. The number of carbonyl (C=O) groups excluding carboxylic acids is 2. The molecule has 0 aliphatic rings. The van der Waals surface area contributed by atoms with E-state index in [9.17, 15) is 9.59 Å². The molecule has 45 heavy (non-hydrogen) atoms. The minimum atomic E-state index is -0.365. The van der Waals surface area contributed by atoms with Gasteiger partial charge in [-0.05, 0) is 89.1 Å². The van der Waals surface area contributed by atoms with Gasteiger partial charge in [0.1, 0.15) is 0 Å². The number of hydrogen-bond donors (Lipinski definition) is 3. The molecule has 0 saturated heterocycles. The molecule has 0 bridgehead atoms. The van der Waals surface area contributed by atoms with Crippen LogP contribution in [0.1, 0.15) is 21.5 Å². The monoisotopic (exact) mass is 703 g/mol. The summed E-state index contributed by atoms with van der Waals surface area (Å²) in [7, 11) is 1.49. The molecule has 0 aliphatic carbocycles. The molecule has 1 heterocycles.